The number of halogens is 1. The second-order valence-electron chi connectivity index (χ2n) is 5.66. The molecule has 0 spiro atoms. The lowest BCUT2D eigenvalue weighted by atomic mass is 10.1. The number of phenols is 1. The smallest absolute Gasteiger partial charge is 0.307 e. The molecule has 0 fully saturated rings. The van der Waals surface area contributed by atoms with E-state index >= 15 is 0 Å². The van der Waals surface area contributed by atoms with E-state index in [4.69, 9.17) is 9.84 Å². The molecule has 0 aliphatic rings. The van der Waals surface area contributed by atoms with Crippen LogP contribution in [0, 0.1) is 12.7 Å². The second-order valence-corrected chi connectivity index (χ2v) is 6.53. The van der Waals surface area contributed by atoms with E-state index in [0.717, 1.165) is 6.07 Å². The van der Waals surface area contributed by atoms with Crippen molar-refractivity contribution in [1.82, 2.24) is 4.57 Å². The number of benzene rings is 1. The topological polar surface area (TPSA) is 88.8 Å². The number of fused-ring (bicyclic) bond motifs is 1. The van der Waals surface area contributed by atoms with E-state index in [1.54, 1.807) is 18.4 Å². The Morgan fingerprint density at radius 3 is 2.73 bits per heavy atom. The van der Waals surface area contributed by atoms with Crippen molar-refractivity contribution in [3.63, 3.8) is 0 Å². The van der Waals surface area contributed by atoms with Crippen LogP contribution in [0.5, 0.6) is 10.8 Å². The maximum absolute atomic E-state index is 14.5. The molecule has 0 atom stereocenters. The molecule has 2 heterocycles. The summed E-state index contributed by atoms with van der Waals surface area (Å²) >= 11 is 1.27. The van der Waals surface area contributed by atoms with E-state index in [1.807, 2.05) is 6.92 Å². The monoisotopic (exact) mass is 377 g/mol. The minimum Gasteiger partial charge on any atom is -0.505 e. The number of hydrogen-bond donors (Lipinski definition) is 2. The highest BCUT2D eigenvalue weighted by Gasteiger charge is 2.25. The van der Waals surface area contributed by atoms with Crippen LogP contribution < -0.4 is 4.74 Å². The third-order valence-electron chi connectivity index (χ3n) is 4.05. The third-order valence-corrected chi connectivity index (χ3v) is 4.89. The molecular formula is C18H16FNO5S. The van der Waals surface area contributed by atoms with Gasteiger partial charge >= 0.3 is 5.97 Å². The molecule has 8 heteroatoms. The number of hydrogen-bond acceptors (Lipinski definition) is 5. The summed E-state index contributed by atoms with van der Waals surface area (Å²) in [5, 5.41) is 21.0. The molecular weight excluding hydrogens is 361 g/mol. The Kier molecular flexibility index (Phi) is 4.69. The standard InChI is InChI=1S/C18H16FNO5S/c1-3-25-15-6-10(8-26-15)18(24)20-9(2)11(7-14(22)23)16-12(20)4-5-13(21)17(16)19/h4-6,8,21H,3,7H2,1-2H3,(H,22,23). The average Bonchev–Trinajstić information content (AvgIpc) is 3.15. The molecule has 0 aliphatic carbocycles. The van der Waals surface area contributed by atoms with Crippen molar-refractivity contribution < 1.29 is 28.9 Å². The molecule has 2 N–H and O–H groups in total. The lowest BCUT2D eigenvalue weighted by molar-refractivity contribution is -0.136. The molecule has 1 aromatic carbocycles. The molecule has 0 saturated carbocycles. The van der Waals surface area contributed by atoms with E-state index in [0.29, 0.717) is 22.9 Å². The van der Waals surface area contributed by atoms with Crippen molar-refractivity contribution in [1.29, 1.82) is 0 Å². The minimum atomic E-state index is -1.16. The first-order chi connectivity index (χ1) is 12.3. The molecule has 2 aromatic heterocycles. The van der Waals surface area contributed by atoms with Crippen LogP contribution in [0.15, 0.2) is 23.6 Å². The van der Waals surface area contributed by atoms with E-state index in [9.17, 15) is 19.1 Å². The molecule has 3 rings (SSSR count). The highest BCUT2D eigenvalue weighted by Crippen LogP contribution is 2.34. The highest BCUT2D eigenvalue weighted by molar-refractivity contribution is 7.12. The first-order valence-electron chi connectivity index (χ1n) is 7.84. The number of thiophene rings is 1. The highest BCUT2D eigenvalue weighted by atomic mass is 32.1. The number of ether oxygens (including phenoxy) is 1. The number of carbonyl (C=O) groups excluding carboxylic acids is 1. The summed E-state index contributed by atoms with van der Waals surface area (Å²) in [5.74, 6) is -3.11. The van der Waals surface area contributed by atoms with Crippen LogP contribution in [0.3, 0.4) is 0 Å². The van der Waals surface area contributed by atoms with Gasteiger partial charge in [0, 0.05) is 22.5 Å². The van der Waals surface area contributed by atoms with Gasteiger partial charge in [-0.3, -0.25) is 14.2 Å². The maximum atomic E-state index is 14.5. The first kappa shape index (κ1) is 17.9. The molecule has 3 aromatic rings. The number of aromatic hydroxyl groups is 1. The fraction of sp³-hybridized carbons (Fsp3) is 0.222. The van der Waals surface area contributed by atoms with Crippen LogP contribution >= 0.6 is 11.3 Å². The molecule has 136 valence electrons. The van der Waals surface area contributed by atoms with Crippen LogP contribution in [-0.4, -0.2) is 33.3 Å². The number of rotatable bonds is 5. The average molecular weight is 377 g/mol. The Morgan fingerprint density at radius 2 is 2.08 bits per heavy atom. The van der Waals surface area contributed by atoms with Gasteiger partial charge in [0.1, 0.15) is 0 Å². The van der Waals surface area contributed by atoms with Gasteiger partial charge in [-0.15, -0.1) is 11.3 Å². The van der Waals surface area contributed by atoms with Crippen LogP contribution in [-0.2, 0) is 11.2 Å². The number of carbonyl (C=O) groups is 2. The molecule has 0 saturated heterocycles. The number of nitrogens with zero attached hydrogens (tertiary/aromatic N) is 1. The molecule has 0 bridgehead atoms. The molecule has 0 amide bonds. The third kappa shape index (κ3) is 2.92. The molecule has 0 radical (unpaired) electrons. The minimum absolute atomic E-state index is 0.0569. The summed E-state index contributed by atoms with van der Waals surface area (Å²) < 4.78 is 21.1. The van der Waals surface area contributed by atoms with E-state index in [-0.39, 0.29) is 16.5 Å². The van der Waals surface area contributed by atoms with E-state index in [1.165, 1.54) is 22.0 Å². The van der Waals surface area contributed by atoms with Crippen LogP contribution in [0.4, 0.5) is 4.39 Å². The zero-order chi connectivity index (χ0) is 19.0. The lowest BCUT2D eigenvalue weighted by Crippen LogP contribution is -2.13. The summed E-state index contributed by atoms with van der Waals surface area (Å²) in [4.78, 5) is 24.2. The van der Waals surface area contributed by atoms with Crippen LogP contribution in [0.1, 0.15) is 28.5 Å². The number of carboxylic acids is 1. The van der Waals surface area contributed by atoms with Gasteiger partial charge in [-0.05, 0) is 31.5 Å². The maximum Gasteiger partial charge on any atom is 0.307 e. The van der Waals surface area contributed by atoms with Crippen molar-refractivity contribution in [2.45, 2.75) is 20.3 Å². The van der Waals surface area contributed by atoms with Gasteiger partial charge in [0.05, 0.1) is 24.1 Å². The Labute approximate surface area is 152 Å². The Bertz CT molecular complexity index is 1020. The van der Waals surface area contributed by atoms with Gasteiger partial charge < -0.3 is 14.9 Å². The Balaban J connectivity index is 2.22. The van der Waals surface area contributed by atoms with E-state index in [2.05, 4.69) is 0 Å². The van der Waals surface area contributed by atoms with Crippen molar-refractivity contribution in [2.24, 2.45) is 0 Å². The zero-order valence-corrected chi connectivity index (χ0v) is 14.9. The second kappa shape index (κ2) is 6.80. The molecule has 0 aliphatic heterocycles. The van der Waals surface area contributed by atoms with Gasteiger partial charge in [-0.2, -0.15) is 0 Å². The van der Waals surface area contributed by atoms with Gasteiger partial charge in [0.2, 0.25) is 0 Å². The predicted molar refractivity (Wildman–Crippen MR) is 94.9 cm³/mol. The van der Waals surface area contributed by atoms with Gasteiger partial charge in [-0.25, -0.2) is 4.39 Å². The van der Waals surface area contributed by atoms with Crippen molar-refractivity contribution >= 4 is 34.1 Å². The van der Waals surface area contributed by atoms with Gasteiger partial charge in [0.15, 0.2) is 16.6 Å². The molecule has 6 nitrogen and oxygen atoms in total. The Hall–Kier alpha value is -2.87. The van der Waals surface area contributed by atoms with Crippen LogP contribution in [0.2, 0.25) is 0 Å². The fourth-order valence-corrected chi connectivity index (χ4v) is 3.72. The Morgan fingerprint density at radius 1 is 1.35 bits per heavy atom. The summed E-state index contributed by atoms with van der Waals surface area (Å²) in [7, 11) is 0. The van der Waals surface area contributed by atoms with Gasteiger partial charge in [0.25, 0.3) is 5.91 Å². The zero-order valence-electron chi connectivity index (χ0n) is 14.1. The number of aromatic nitrogens is 1. The molecule has 0 unspecified atom stereocenters. The van der Waals surface area contributed by atoms with Crippen molar-refractivity contribution in [3.05, 3.63) is 46.2 Å². The quantitative estimate of drug-likeness (QED) is 0.710. The largest absolute Gasteiger partial charge is 0.505 e. The number of phenolic OH excluding ortho intramolecular Hbond substituents is 1. The summed E-state index contributed by atoms with van der Waals surface area (Å²) in [6, 6.07) is 4.14. The summed E-state index contributed by atoms with van der Waals surface area (Å²) in [6.07, 6.45) is -0.461. The normalized spacial score (nSPS) is 11.0. The number of carboxylic acid groups (broad SMARTS) is 1. The first-order valence-corrected chi connectivity index (χ1v) is 8.72. The summed E-state index contributed by atoms with van der Waals surface area (Å²) in [5.41, 5.74) is 1.05. The SMILES string of the molecule is CCOc1cc(C(=O)n2c(C)c(CC(=O)O)c3c(F)c(O)ccc32)cs1. The van der Waals surface area contributed by atoms with Crippen LogP contribution in [0.25, 0.3) is 10.9 Å². The van der Waals surface area contributed by atoms with Gasteiger partial charge in [-0.1, -0.05) is 0 Å². The fourth-order valence-electron chi connectivity index (χ4n) is 2.93. The van der Waals surface area contributed by atoms with E-state index < -0.39 is 29.9 Å². The van der Waals surface area contributed by atoms with Crippen molar-refractivity contribution in [2.75, 3.05) is 6.61 Å². The lowest BCUT2D eigenvalue weighted by Gasteiger charge is -2.06. The summed E-state index contributed by atoms with van der Waals surface area (Å²) in [6.45, 7) is 3.85. The van der Waals surface area contributed by atoms with Crippen molar-refractivity contribution in [3.8, 4) is 10.8 Å². The molecule has 26 heavy (non-hydrogen) atoms. The predicted octanol–water partition coefficient (Wildman–Crippen LogP) is 3.57. The number of aliphatic carboxylic acids is 1.